The number of likely N-dealkylation sites (tertiary alicyclic amines) is 1. The Morgan fingerprint density at radius 2 is 2.14 bits per heavy atom. The summed E-state index contributed by atoms with van der Waals surface area (Å²) in [7, 11) is 0. The number of nitro benzene ring substituents is 1. The first-order chi connectivity index (χ1) is 9.86. The minimum absolute atomic E-state index is 0.00814. The molecule has 0 saturated carbocycles. The van der Waals surface area contributed by atoms with E-state index in [2.05, 4.69) is 5.32 Å². The fourth-order valence-electron chi connectivity index (χ4n) is 2.21. The van der Waals surface area contributed by atoms with Crippen molar-refractivity contribution >= 4 is 23.4 Å². The van der Waals surface area contributed by atoms with Gasteiger partial charge >= 0.3 is 12.0 Å². The molecule has 0 bridgehead atoms. The van der Waals surface area contributed by atoms with Crippen LogP contribution < -0.4 is 5.32 Å². The number of carbonyl (C=O) groups is 2. The highest BCUT2D eigenvalue weighted by molar-refractivity contribution is 5.91. The average molecular weight is 293 g/mol. The Hall–Kier alpha value is -2.64. The van der Waals surface area contributed by atoms with Gasteiger partial charge < -0.3 is 15.3 Å². The van der Waals surface area contributed by atoms with Crippen molar-refractivity contribution in [3.05, 3.63) is 33.9 Å². The quantitative estimate of drug-likeness (QED) is 0.649. The molecule has 0 radical (unpaired) electrons. The van der Waals surface area contributed by atoms with Crippen LogP contribution in [0.3, 0.4) is 0 Å². The van der Waals surface area contributed by atoms with E-state index < -0.39 is 10.9 Å². The highest BCUT2D eigenvalue weighted by Gasteiger charge is 2.32. The minimum atomic E-state index is -0.869. The summed E-state index contributed by atoms with van der Waals surface area (Å²) >= 11 is 0. The van der Waals surface area contributed by atoms with E-state index in [0.29, 0.717) is 24.3 Å². The van der Waals surface area contributed by atoms with Crippen molar-refractivity contribution in [3.63, 3.8) is 0 Å². The lowest BCUT2D eigenvalue weighted by atomic mass is 9.97. The van der Waals surface area contributed by atoms with E-state index in [4.69, 9.17) is 5.11 Å². The summed E-state index contributed by atoms with van der Waals surface area (Å²) in [4.78, 5) is 34.1. The van der Waals surface area contributed by atoms with Gasteiger partial charge in [-0.05, 0) is 18.6 Å². The van der Waals surface area contributed by atoms with Crippen LogP contribution >= 0.6 is 0 Å². The Kier molecular flexibility index (Phi) is 4.06. The normalized spacial score (nSPS) is 14.4. The number of carboxylic acid groups (broad SMARTS) is 1. The Morgan fingerprint density at radius 1 is 1.48 bits per heavy atom. The van der Waals surface area contributed by atoms with Gasteiger partial charge in [0, 0.05) is 36.8 Å². The molecule has 1 saturated heterocycles. The monoisotopic (exact) mass is 293 g/mol. The summed E-state index contributed by atoms with van der Waals surface area (Å²) < 4.78 is 0. The molecule has 1 aromatic carbocycles. The molecule has 8 heteroatoms. The second-order valence-corrected chi connectivity index (χ2v) is 5.06. The number of amides is 2. The molecule has 0 unspecified atom stereocenters. The van der Waals surface area contributed by atoms with E-state index >= 15 is 0 Å². The van der Waals surface area contributed by atoms with Crippen LogP contribution in [0.25, 0.3) is 0 Å². The minimum Gasteiger partial charge on any atom is -0.481 e. The number of nitro groups is 1. The predicted molar refractivity (Wildman–Crippen MR) is 74.2 cm³/mol. The number of anilines is 1. The van der Waals surface area contributed by atoms with E-state index in [1.807, 2.05) is 0 Å². The molecular formula is C13H15N3O5. The highest BCUT2D eigenvalue weighted by Crippen LogP contribution is 2.24. The lowest BCUT2D eigenvalue weighted by Gasteiger charge is -2.38. The van der Waals surface area contributed by atoms with E-state index in [1.165, 1.54) is 23.1 Å². The summed E-state index contributed by atoms with van der Waals surface area (Å²) in [6.45, 7) is 2.49. The number of urea groups is 1. The highest BCUT2D eigenvalue weighted by atomic mass is 16.6. The fraction of sp³-hybridized carbons (Fsp3) is 0.385. The summed E-state index contributed by atoms with van der Waals surface area (Å²) in [6.07, 6.45) is 0.0559. The fourth-order valence-corrected chi connectivity index (χ4v) is 2.21. The van der Waals surface area contributed by atoms with Crippen LogP contribution in [0, 0.1) is 23.0 Å². The molecule has 0 spiro atoms. The number of non-ortho nitro benzene ring substituents is 1. The maximum atomic E-state index is 11.9. The third-order valence-electron chi connectivity index (χ3n) is 3.37. The van der Waals surface area contributed by atoms with Gasteiger partial charge in [-0.2, -0.15) is 0 Å². The van der Waals surface area contributed by atoms with Crippen LogP contribution in [0.4, 0.5) is 16.2 Å². The molecule has 1 aliphatic heterocycles. The number of benzene rings is 1. The lowest BCUT2D eigenvalue weighted by Crippen LogP contribution is -2.52. The number of hydrogen-bond acceptors (Lipinski definition) is 4. The maximum Gasteiger partial charge on any atom is 0.321 e. The third-order valence-corrected chi connectivity index (χ3v) is 3.37. The van der Waals surface area contributed by atoms with E-state index in [1.54, 1.807) is 6.92 Å². The maximum absolute atomic E-state index is 11.9. The first-order valence-corrected chi connectivity index (χ1v) is 6.39. The van der Waals surface area contributed by atoms with Gasteiger partial charge in [-0.1, -0.05) is 0 Å². The molecule has 1 heterocycles. The van der Waals surface area contributed by atoms with Crippen molar-refractivity contribution in [2.75, 3.05) is 18.4 Å². The van der Waals surface area contributed by atoms with Crippen LogP contribution in [0.1, 0.15) is 12.0 Å². The van der Waals surface area contributed by atoms with Crippen molar-refractivity contribution in [2.24, 2.45) is 5.92 Å². The third kappa shape index (κ3) is 3.47. The molecule has 1 aromatic rings. The molecule has 1 aliphatic rings. The number of hydrogen-bond donors (Lipinski definition) is 2. The van der Waals surface area contributed by atoms with Crippen molar-refractivity contribution < 1.29 is 19.6 Å². The number of carboxylic acids is 1. The van der Waals surface area contributed by atoms with Gasteiger partial charge in [-0.25, -0.2) is 4.79 Å². The zero-order chi connectivity index (χ0) is 15.6. The van der Waals surface area contributed by atoms with Crippen molar-refractivity contribution in [1.29, 1.82) is 0 Å². The second-order valence-electron chi connectivity index (χ2n) is 5.06. The van der Waals surface area contributed by atoms with Gasteiger partial charge in [0.1, 0.15) is 0 Å². The largest absolute Gasteiger partial charge is 0.481 e. The van der Waals surface area contributed by atoms with Crippen molar-refractivity contribution in [2.45, 2.75) is 13.3 Å². The van der Waals surface area contributed by atoms with Crippen molar-refractivity contribution in [1.82, 2.24) is 4.90 Å². The van der Waals surface area contributed by atoms with E-state index in [0.717, 1.165) is 0 Å². The predicted octanol–water partition coefficient (Wildman–Crippen LogP) is 1.84. The van der Waals surface area contributed by atoms with Crippen LogP contribution in [0.2, 0.25) is 0 Å². The Labute approximate surface area is 120 Å². The Morgan fingerprint density at radius 3 is 2.67 bits per heavy atom. The molecule has 2 amide bonds. The molecule has 21 heavy (non-hydrogen) atoms. The number of carbonyl (C=O) groups excluding carboxylic acids is 1. The standard InChI is InChI=1S/C13H15N3O5/c1-8-4-10(16(20)21)2-3-11(8)14-13(19)15-6-9(7-15)5-12(17)18/h2-4,9H,5-7H2,1H3,(H,14,19)(H,17,18). The number of nitrogens with one attached hydrogen (secondary N) is 1. The van der Waals surface area contributed by atoms with Gasteiger partial charge in [-0.3, -0.25) is 14.9 Å². The molecule has 1 fully saturated rings. The Balaban J connectivity index is 1.92. The molecule has 2 N–H and O–H groups in total. The van der Waals surface area contributed by atoms with Crippen LogP contribution in [-0.2, 0) is 4.79 Å². The van der Waals surface area contributed by atoms with Gasteiger partial charge in [0.05, 0.1) is 11.3 Å². The van der Waals surface area contributed by atoms with Crippen LogP contribution in [0.15, 0.2) is 18.2 Å². The van der Waals surface area contributed by atoms with Gasteiger partial charge in [0.25, 0.3) is 5.69 Å². The molecule has 0 aliphatic carbocycles. The molecule has 0 atom stereocenters. The Bertz CT molecular complexity index is 595. The molecule has 0 aromatic heterocycles. The molecular weight excluding hydrogens is 278 g/mol. The first kappa shape index (κ1) is 14.8. The zero-order valence-corrected chi connectivity index (χ0v) is 11.4. The van der Waals surface area contributed by atoms with Gasteiger partial charge in [0.2, 0.25) is 0 Å². The summed E-state index contributed by atoms with van der Waals surface area (Å²) in [5.74, 6) is -0.877. The zero-order valence-electron chi connectivity index (χ0n) is 11.4. The van der Waals surface area contributed by atoms with Gasteiger partial charge in [-0.15, -0.1) is 0 Å². The molecule has 2 rings (SSSR count). The first-order valence-electron chi connectivity index (χ1n) is 6.39. The number of rotatable bonds is 4. The van der Waals surface area contributed by atoms with Crippen LogP contribution in [0.5, 0.6) is 0 Å². The molecule has 8 nitrogen and oxygen atoms in total. The van der Waals surface area contributed by atoms with Crippen molar-refractivity contribution in [3.8, 4) is 0 Å². The molecule has 112 valence electrons. The second kappa shape index (κ2) is 5.78. The topological polar surface area (TPSA) is 113 Å². The average Bonchev–Trinajstić information content (AvgIpc) is 2.35. The van der Waals surface area contributed by atoms with E-state index in [-0.39, 0.29) is 24.1 Å². The summed E-state index contributed by atoms with van der Waals surface area (Å²) in [5, 5.41) is 21.9. The SMILES string of the molecule is Cc1cc([N+](=O)[O-])ccc1NC(=O)N1CC(CC(=O)O)C1. The summed E-state index contributed by atoms with van der Waals surface area (Å²) in [5.41, 5.74) is 1.07. The smallest absolute Gasteiger partial charge is 0.321 e. The van der Waals surface area contributed by atoms with E-state index in [9.17, 15) is 19.7 Å². The number of aliphatic carboxylic acids is 1. The number of aryl methyl sites for hydroxylation is 1. The van der Waals surface area contributed by atoms with Crippen LogP contribution in [-0.4, -0.2) is 40.0 Å². The summed E-state index contributed by atoms with van der Waals surface area (Å²) in [6, 6.07) is 3.87. The lowest BCUT2D eigenvalue weighted by molar-refractivity contribution is -0.384. The number of nitrogens with zero attached hydrogens (tertiary/aromatic N) is 2. The van der Waals surface area contributed by atoms with Gasteiger partial charge in [0.15, 0.2) is 0 Å².